The van der Waals surface area contributed by atoms with Crippen molar-refractivity contribution in [3.63, 3.8) is 0 Å². The molecule has 0 N–H and O–H groups in total. The average molecular weight is 605 g/mol. The van der Waals surface area contributed by atoms with E-state index in [1.54, 1.807) is 12.4 Å². The predicted octanol–water partition coefficient (Wildman–Crippen LogP) is 6.26. The molecule has 3 aromatic carbocycles. The summed E-state index contributed by atoms with van der Waals surface area (Å²) in [6, 6.07) is 33.8. The second-order valence-electron chi connectivity index (χ2n) is 7.41. The first-order valence-electron chi connectivity index (χ1n) is 10.4. The molecule has 3 aromatic heterocycles. The Bertz CT molecular complexity index is 1470. The van der Waals surface area contributed by atoms with E-state index >= 15 is 0 Å². The Morgan fingerprint density at radius 3 is 2.33 bits per heavy atom. The summed E-state index contributed by atoms with van der Waals surface area (Å²) in [5.74, 6) is 0. The first-order valence-corrected chi connectivity index (χ1v) is 10.4. The van der Waals surface area contributed by atoms with Gasteiger partial charge in [-0.05, 0) is 36.4 Å². The normalized spacial score (nSPS) is 10.3. The van der Waals surface area contributed by atoms with Crippen molar-refractivity contribution in [1.29, 1.82) is 0 Å². The fraction of sp³-hybridized carbons (Fsp3) is 0.0357. The van der Waals surface area contributed by atoms with Crippen LogP contribution in [0.1, 0.15) is 5.56 Å². The van der Waals surface area contributed by atoms with Crippen LogP contribution in [0.15, 0.2) is 103 Å². The number of aromatic nitrogens is 4. The van der Waals surface area contributed by atoms with Gasteiger partial charge in [-0.2, -0.15) is 0 Å². The summed E-state index contributed by atoms with van der Waals surface area (Å²) in [6.07, 6.45) is 3.40. The number of para-hydroxylation sites is 1. The maximum atomic E-state index is 4.83. The third-order valence-corrected chi connectivity index (χ3v) is 5.29. The number of benzene rings is 3. The minimum Gasteiger partial charge on any atom is -0.574 e. The molecule has 163 valence electrons. The first kappa shape index (κ1) is 22.5. The van der Waals surface area contributed by atoms with Crippen molar-refractivity contribution in [3.05, 3.63) is 115 Å². The SMILES string of the molecule is Cc1cc(-c2[c-]ccc3ccccc23)nc2ccccc12.[Ir].c1ccc(-c2ccn[n-]2)nc1. The summed E-state index contributed by atoms with van der Waals surface area (Å²) in [4.78, 5) is 8.94. The van der Waals surface area contributed by atoms with Crippen LogP contribution >= 0.6 is 0 Å². The summed E-state index contributed by atoms with van der Waals surface area (Å²) in [5.41, 5.74) is 6.03. The number of aryl methyl sites for hydroxylation is 1. The molecule has 0 bridgehead atoms. The van der Waals surface area contributed by atoms with E-state index < -0.39 is 0 Å². The molecular weight excluding hydrogens is 585 g/mol. The van der Waals surface area contributed by atoms with Crippen molar-refractivity contribution in [2.24, 2.45) is 0 Å². The van der Waals surface area contributed by atoms with Crippen molar-refractivity contribution < 1.29 is 20.1 Å². The number of hydrogen-bond donors (Lipinski definition) is 0. The van der Waals surface area contributed by atoms with E-state index in [0.717, 1.165) is 28.2 Å². The largest absolute Gasteiger partial charge is 0.574 e. The van der Waals surface area contributed by atoms with Crippen molar-refractivity contribution in [1.82, 2.24) is 20.2 Å². The molecule has 0 saturated heterocycles. The molecule has 0 aliphatic rings. The summed E-state index contributed by atoms with van der Waals surface area (Å²) in [7, 11) is 0. The van der Waals surface area contributed by atoms with E-state index in [1.165, 1.54) is 21.7 Å². The Morgan fingerprint density at radius 2 is 1.55 bits per heavy atom. The number of rotatable bonds is 2. The molecule has 5 heteroatoms. The molecule has 6 aromatic rings. The Kier molecular flexibility index (Phi) is 7.04. The van der Waals surface area contributed by atoms with Crippen LogP contribution in [0.2, 0.25) is 0 Å². The van der Waals surface area contributed by atoms with Crippen molar-refractivity contribution in [2.45, 2.75) is 6.92 Å². The summed E-state index contributed by atoms with van der Waals surface area (Å²) in [6.45, 7) is 2.14. The van der Waals surface area contributed by atoms with Gasteiger partial charge in [0.15, 0.2) is 0 Å². The molecule has 6 rings (SSSR count). The van der Waals surface area contributed by atoms with Crippen LogP contribution in [-0.4, -0.2) is 15.1 Å². The van der Waals surface area contributed by atoms with Gasteiger partial charge in [-0.3, -0.25) is 9.97 Å². The third kappa shape index (κ3) is 4.90. The van der Waals surface area contributed by atoms with Crippen LogP contribution in [0.5, 0.6) is 0 Å². The van der Waals surface area contributed by atoms with Gasteiger partial charge in [0, 0.05) is 43.6 Å². The molecule has 1 radical (unpaired) electrons. The van der Waals surface area contributed by atoms with E-state index in [-0.39, 0.29) is 20.1 Å². The van der Waals surface area contributed by atoms with Crippen LogP contribution < -0.4 is 5.10 Å². The summed E-state index contributed by atoms with van der Waals surface area (Å²) in [5, 5.41) is 11.2. The standard InChI is InChI=1S/C20H14N.C8H6N3.Ir/c1-14-13-20(21-19-12-5-4-9-16(14)19)18-11-6-8-15-7-2-3-10-17(15)18;1-2-5-9-7(3-1)8-4-6-10-11-8;/h2-10,12-13H,1H3;1-6H;/q2*-1;. The monoisotopic (exact) mass is 605 g/mol. The molecule has 0 fully saturated rings. The molecule has 0 atom stereocenters. The minimum absolute atomic E-state index is 0. The molecule has 0 aliphatic heterocycles. The molecule has 33 heavy (non-hydrogen) atoms. The topological polar surface area (TPSA) is 52.8 Å². The first-order chi connectivity index (χ1) is 15.8. The zero-order chi connectivity index (χ0) is 21.8. The van der Waals surface area contributed by atoms with E-state index in [9.17, 15) is 0 Å². The molecule has 0 saturated carbocycles. The Hall–Kier alpha value is -3.66. The number of hydrogen-bond acceptors (Lipinski definition) is 3. The third-order valence-electron chi connectivity index (χ3n) is 5.29. The Morgan fingerprint density at radius 1 is 0.758 bits per heavy atom. The summed E-state index contributed by atoms with van der Waals surface area (Å²) >= 11 is 0. The van der Waals surface area contributed by atoms with Gasteiger partial charge in [0.05, 0.1) is 5.52 Å². The Balaban J connectivity index is 0.000000183. The van der Waals surface area contributed by atoms with Gasteiger partial charge in [-0.1, -0.05) is 71.7 Å². The predicted molar refractivity (Wildman–Crippen MR) is 129 cm³/mol. The van der Waals surface area contributed by atoms with Gasteiger partial charge in [-0.25, -0.2) is 0 Å². The van der Waals surface area contributed by atoms with E-state index in [4.69, 9.17) is 4.98 Å². The summed E-state index contributed by atoms with van der Waals surface area (Å²) < 4.78 is 0. The number of pyridine rings is 2. The van der Waals surface area contributed by atoms with E-state index in [2.05, 4.69) is 82.8 Å². The van der Waals surface area contributed by atoms with Gasteiger partial charge >= 0.3 is 0 Å². The molecular formula is C28H20IrN4-2. The molecule has 0 aliphatic carbocycles. The van der Waals surface area contributed by atoms with Gasteiger partial charge in [-0.15, -0.1) is 29.1 Å². The van der Waals surface area contributed by atoms with Crippen LogP contribution in [0.3, 0.4) is 0 Å². The molecule has 3 heterocycles. The number of nitrogens with zero attached hydrogens (tertiary/aromatic N) is 4. The quantitative estimate of drug-likeness (QED) is 0.219. The molecule has 4 nitrogen and oxygen atoms in total. The van der Waals surface area contributed by atoms with Crippen LogP contribution in [-0.2, 0) is 20.1 Å². The maximum Gasteiger partial charge on any atom is 0.0597 e. The minimum atomic E-state index is 0. The number of fused-ring (bicyclic) bond motifs is 2. The van der Waals surface area contributed by atoms with Crippen molar-refractivity contribution in [2.75, 3.05) is 0 Å². The fourth-order valence-electron chi connectivity index (χ4n) is 3.74. The van der Waals surface area contributed by atoms with Gasteiger partial charge < -0.3 is 10.2 Å². The Labute approximate surface area is 206 Å². The molecule has 0 amide bonds. The zero-order valence-corrected chi connectivity index (χ0v) is 20.3. The van der Waals surface area contributed by atoms with Crippen molar-refractivity contribution >= 4 is 21.7 Å². The average Bonchev–Trinajstić information content (AvgIpc) is 3.40. The van der Waals surface area contributed by atoms with E-state index in [0.29, 0.717) is 0 Å². The smallest absolute Gasteiger partial charge is 0.0597 e. The van der Waals surface area contributed by atoms with Gasteiger partial charge in [0.25, 0.3) is 0 Å². The maximum absolute atomic E-state index is 4.83. The second kappa shape index (κ2) is 10.3. The van der Waals surface area contributed by atoms with Crippen LogP contribution in [0, 0.1) is 13.0 Å². The van der Waals surface area contributed by atoms with Crippen LogP contribution in [0.4, 0.5) is 0 Å². The van der Waals surface area contributed by atoms with Crippen molar-refractivity contribution in [3.8, 4) is 22.6 Å². The molecule has 0 unspecified atom stereocenters. The molecule has 0 spiro atoms. The van der Waals surface area contributed by atoms with E-state index in [1.807, 2.05) is 36.4 Å². The fourth-order valence-corrected chi connectivity index (χ4v) is 3.74. The second-order valence-corrected chi connectivity index (χ2v) is 7.41. The van der Waals surface area contributed by atoms with Gasteiger partial charge in [0.2, 0.25) is 0 Å². The van der Waals surface area contributed by atoms with Crippen LogP contribution in [0.25, 0.3) is 44.3 Å². The van der Waals surface area contributed by atoms with Gasteiger partial charge in [0.1, 0.15) is 0 Å². The zero-order valence-electron chi connectivity index (χ0n) is 17.9.